The van der Waals surface area contributed by atoms with Gasteiger partial charge < -0.3 is 15.3 Å². The fraction of sp³-hybridized carbons (Fsp3) is 0.417. The summed E-state index contributed by atoms with van der Waals surface area (Å²) in [4.78, 5) is 23.4. The predicted molar refractivity (Wildman–Crippen MR) is 67.8 cm³/mol. The number of nitrogens with zero attached hydrogens (tertiary/aromatic N) is 2. The first-order valence-electron chi connectivity index (χ1n) is 6.01. The molecule has 8 heteroatoms. The Morgan fingerprint density at radius 3 is 2.75 bits per heavy atom. The summed E-state index contributed by atoms with van der Waals surface area (Å²) >= 11 is 0. The topological polar surface area (TPSA) is 95.7 Å². The number of aliphatic hydroxyl groups is 1. The van der Waals surface area contributed by atoms with Crippen LogP contribution in [0.4, 0.5) is 10.1 Å². The van der Waals surface area contributed by atoms with Gasteiger partial charge in [0.1, 0.15) is 5.82 Å². The molecule has 0 spiro atoms. The second-order valence-corrected chi connectivity index (χ2v) is 4.66. The van der Waals surface area contributed by atoms with Crippen LogP contribution < -0.4 is 5.32 Å². The number of rotatable bonds is 3. The molecule has 1 heterocycles. The van der Waals surface area contributed by atoms with E-state index in [0.717, 1.165) is 18.2 Å². The molecule has 7 nitrogen and oxygen atoms in total. The van der Waals surface area contributed by atoms with E-state index in [-0.39, 0.29) is 5.56 Å². The van der Waals surface area contributed by atoms with Crippen molar-refractivity contribution < 1.29 is 19.2 Å². The molecule has 1 aromatic rings. The normalized spacial score (nSPS) is 21.8. The molecule has 1 saturated heterocycles. The van der Waals surface area contributed by atoms with Crippen molar-refractivity contribution in [3.8, 4) is 0 Å². The van der Waals surface area contributed by atoms with Crippen molar-refractivity contribution in [1.29, 1.82) is 0 Å². The van der Waals surface area contributed by atoms with Gasteiger partial charge in [0.05, 0.1) is 23.1 Å². The lowest BCUT2D eigenvalue weighted by atomic mass is 10.1. The van der Waals surface area contributed by atoms with E-state index >= 15 is 0 Å². The van der Waals surface area contributed by atoms with E-state index in [9.17, 15) is 24.4 Å². The van der Waals surface area contributed by atoms with Gasteiger partial charge in [-0.2, -0.15) is 0 Å². The molecule has 1 aromatic carbocycles. The average Bonchev–Trinajstić information content (AvgIpc) is 2.82. The Bertz CT molecular complexity index is 552. The number of benzene rings is 1. The van der Waals surface area contributed by atoms with Crippen LogP contribution in [0.3, 0.4) is 0 Å². The average molecular weight is 283 g/mol. The molecule has 2 N–H and O–H groups in total. The summed E-state index contributed by atoms with van der Waals surface area (Å²) in [5, 5.41) is 23.3. The summed E-state index contributed by atoms with van der Waals surface area (Å²) in [6, 6.07) is 2.28. The van der Waals surface area contributed by atoms with Gasteiger partial charge in [0.2, 0.25) is 0 Å². The fourth-order valence-corrected chi connectivity index (χ4v) is 2.20. The molecular weight excluding hydrogens is 269 g/mol. The highest BCUT2D eigenvalue weighted by molar-refractivity contribution is 5.95. The summed E-state index contributed by atoms with van der Waals surface area (Å²) < 4.78 is 13.3. The zero-order valence-corrected chi connectivity index (χ0v) is 10.7. The van der Waals surface area contributed by atoms with Gasteiger partial charge in [-0.05, 0) is 6.07 Å². The minimum atomic E-state index is -0.846. The number of β-amino-alcohol motifs (C(OH)–C–C–N with tert-alkyl or cyclic N) is 1. The summed E-state index contributed by atoms with van der Waals surface area (Å²) in [7, 11) is 1.47. The molecule has 1 fully saturated rings. The van der Waals surface area contributed by atoms with Crippen LogP contribution >= 0.6 is 0 Å². The van der Waals surface area contributed by atoms with Gasteiger partial charge in [-0.3, -0.25) is 14.9 Å². The Morgan fingerprint density at radius 2 is 2.20 bits per heavy atom. The Kier molecular flexibility index (Phi) is 3.96. The van der Waals surface area contributed by atoms with Gasteiger partial charge in [-0.25, -0.2) is 4.39 Å². The van der Waals surface area contributed by atoms with Crippen molar-refractivity contribution in [2.75, 3.05) is 20.1 Å². The van der Waals surface area contributed by atoms with E-state index in [0.29, 0.717) is 13.1 Å². The summed E-state index contributed by atoms with van der Waals surface area (Å²) in [6.45, 7) is 0.784. The molecule has 20 heavy (non-hydrogen) atoms. The highest BCUT2D eigenvalue weighted by Gasteiger charge is 2.32. The van der Waals surface area contributed by atoms with Gasteiger partial charge in [-0.1, -0.05) is 0 Å². The first-order chi connectivity index (χ1) is 9.40. The minimum Gasteiger partial charge on any atom is -0.390 e. The van der Waals surface area contributed by atoms with Crippen LogP contribution in [0.5, 0.6) is 0 Å². The smallest absolute Gasteiger partial charge is 0.273 e. The van der Waals surface area contributed by atoms with Gasteiger partial charge >= 0.3 is 0 Å². The maximum absolute atomic E-state index is 13.3. The third kappa shape index (κ3) is 2.75. The molecule has 0 radical (unpaired) electrons. The molecule has 2 atom stereocenters. The van der Waals surface area contributed by atoms with Crippen molar-refractivity contribution in [1.82, 2.24) is 10.2 Å². The Hall–Kier alpha value is -2.06. The molecule has 1 aliphatic heterocycles. The Morgan fingerprint density at radius 1 is 1.50 bits per heavy atom. The van der Waals surface area contributed by atoms with Crippen molar-refractivity contribution in [2.24, 2.45) is 0 Å². The van der Waals surface area contributed by atoms with E-state index in [1.165, 1.54) is 11.9 Å². The van der Waals surface area contributed by atoms with Crippen molar-refractivity contribution in [2.45, 2.75) is 12.1 Å². The van der Waals surface area contributed by atoms with Gasteiger partial charge in [0.25, 0.3) is 11.6 Å². The van der Waals surface area contributed by atoms with Crippen molar-refractivity contribution >= 4 is 11.6 Å². The summed E-state index contributed by atoms with van der Waals surface area (Å²) in [5.41, 5.74) is -0.592. The highest BCUT2D eigenvalue weighted by Crippen LogP contribution is 2.19. The van der Waals surface area contributed by atoms with E-state index < -0.39 is 34.5 Å². The van der Waals surface area contributed by atoms with Crippen LogP contribution in [0.2, 0.25) is 0 Å². The fourth-order valence-electron chi connectivity index (χ4n) is 2.20. The zero-order chi connectivity index (χ0) is 14.9. The number of aliphatic hydroxyl groups excluding tert-OH is 1. The van der Waals surface area contributed by atoms with Gasteiger partial charge in [0.15, 0.2) is 0 Å². The molecule has 0 saturated carbocycles. The quantitative estimate of drug-likeness (QED) is 0.607. The number of halogens is 1. The van der Waals surface area contributed by atoms with E-state index in [1.54, 1.807) is 0 Å². The Labute approximate surface area is 114 Å². The molecule has 0 unspecified atom stereocenters. The molecule has 0 aromatic heterocycles. The second-order valence-electron chi connectivity index (χ2n) is 4.66. The molecule has 0 aliphatic carbocycles. The lowest BCUT2D eigenvalue weighted by Gasteiger charge is -2.26. The third-order valence-corrected chi connectivity index (χ3v) is 3.31. The summed E-state index contributed by atoms with van der Waals surface area (Å²) in [5.74, 6) is -1.42. The number of nitrogens with one attached hydrogen (secondary N) is 1. The highest BCUT2D eigenvalue weighted by atomic mass is 19.1. The molecule has 1 aliphatic rings. The standard InChI is InChI=1S/C12H14FN3O4/c1-15(10-5-14-6-11(10)17)12(18)7-2-8(13)4-9(3-7)16(19)20/h2-4,10-11,14,17H,5-6H2,1H3/t10-,11-/m1/s1. The first-order valence-corrected chi connectivity index (χ1v) is 6.01. The number of likely N-dealkylation sites (N-methyl/N-ethyl adjacent to an activating group) is 1. The number of amides is 1. The number of carbonyl (C=O) groups is 1. The number of nitro benzene ring substituents is 1. The molecule has 1 amide bonds. The Balaban J connectivity index is 2.26. The van der Waals surface area contributed by atoms with Crippen LogP contribution in [-0.4, -0.2) is 53.1 Å². The number of carbonyl (C=O) groups excluding carboxylic acids is 1. The van der Waals surface area contributed by atoms with E-state index in [1.807, 2.05) is 0 Å². The molecule has 108 valence electrons. The second kappa shape index (κ2) is 5.51. The van der Waals surface area contributed by atoms with Gasteiger partial charge in [-0.15, -0.1) is 0 Å². The van der Waals surface area contributed by atoms with Crippen LogP contribution in [0.15, 0.2) is 18.2 Å². The van der Waals surface area contributed by atoms with Crippen LogP contribution in [0.25, 0.3) is 0 Å². The van der Waals surface area contributed by atoms with E-state index in [2.05, 4.69) is 5.32 Å². The lowest BCUT2D eigenvalue weighted by molar-refractivity contribution is -0.385. The van der Waals surface area contributed by atoms with Crippen molar-refractivity contribution in [3.63, 3.8) is 0 Å². The minimum absolute atomic E-state index is 0.113. The number of nitro groups is 1. The monoisotopic (exact) mass is 283 g/mol. The number of hydrogen-bond donors (Lipinski definition) is 2. The SMILES string of the molecule is CN(C(=O)c1cc(F)cc([N+](=O)[O-])c1)[C@@H]1CNC[C@H]1O. The molecule has 2 rings (SSSR count). The van der Waals surface area contributed by atoms with Crippen LogP contribution in [0.1, 0.15) is 10.4 Å². The maximum Gasteiger partial charge on any atom is 0.273 e. The first kappa shape index (κ1) is 14.4. The molecule has 0 bridgehead atoms. The number of non-ortho nitro benzene ring substituents is 1. The number of hydrogen-bond acceptors (Lipinski definition) is 5. The lowest BCUT2D eigenvalue weighted by Crippen LogP contribution is -2.44. The predicted octanol–water partition coefficient (Wildman–Crippen LogP) is 0.139. The van der Waals surface area contributed by atoms with Crippen LogP contribution in [-0.2, 0) is 0 Å². The maximum atomic E-state index is 13.3. The van der Waals surface area contributed by atoms with Crippen LogP contribution in [0, 0.1) is 15.9 Å². The molecular formula is C12H14FN3O4. The van der Waals surface area contributed by atoms with E-state index in [4.69, 9.17) is 0 Å². The third-order valence-electron chi connectivity index (χ3n) is 3.31. The van der Waals surface area contributed by atoms with Gasteiger partial charge in [0, 0.05) is 31.8 Å². The largest absolute Gasteiger partial charge is 0.390 e. The van der Waals surface area contributed by atoms with Crippen molar-refractivity contribution in [3.05, 3.63) is 39.7 Å². The zero-order valence-electron chi connectivity index (χ0n) is 10.7. The summed E-state index contributed by atoms with van der Waals surface area (Å²) in [6.07, 6.45) is -0.715.